The van der Waals surface area contributed by atoms with Crippen molar-refractivity contribution in [2.75, 3.05) is 39.8 Å². The molecule has 0 atom stereocenters. The molecule has 0 saturated carbocycles. The van der Waals surface area contributed by atoms with Crippen molar-refractivity contribution in [3.63, 3.8) is 0 Å². The smallest absolute Gasteiger partial charge is 0.208 e. The molecule has 2 aromatic rings. The van der Waals surface area contributed by atoms with Crippen molar-refractivity contribution in [2.45, 2.75) is 53.6 Å². The van der Waals surface area contributed by atoms with E-state index in [2.05, 4.69) is 46.2 Å². The molecule has 1 aliphatic rings. The Morgan fingerprint density at radius 2 is 1.91 bits per heavy atom. The van der Waals surface area contributed by atoms with E-state index in [0.717, 1.165) is 81.2 Å². The maximum absolute atomic E-state index is 5.75. The Hall–Kier alpha value is -1.81. The third-order valence-corrected chi connectivity index (χ3v) is 5.99. The zero-order chi connectivity index (χ0) is 22.9. The normalized spacial score (nSPS) is 15.2. The molecule has 0 radical (unpaired) electrons. The summed E-state index contributed by atoms with van der Waals surface area (Å²) in [6.07, 6.45) is 2.31. The van der Waals surface area contributed by atoms with Gasteiger partial charge in [0.15, 0.2) is 5.96 Å². The number of hydrogen-bond donors (Lipinski definition) is 1. The second-order valence-electron chi connectivity index (χ2n) is 8.60. The fourth-order valence-corrected chi connectivity index (χ4v) is 4.02. The van der Waals surface area contributed by atoms with Gasteiger partial charge in [-0.3, -0.25) is 9.89 Å². The maximum atomic E-state index is 5.75. The minimum atomic E-state index is 0. The van der Waals surface area contributed by atoms with E-state index in [1.54, 1.807) is 0 Å². The molecule has 1 fully saturated rings. The van der Waals surface area contributed by atoms with Crippen molar-refractivity contribution >= 4 is 29.9 Å². The summed E-state index contributed by atoms with van der Waals surface area (Å²) < 4.78 is 11.3. The summed E-state index contributed by atoms with van der Waals surface area (Å²) in [6, 6.07) is 8.31. The number of aliphatic imine (C=N–C) groups is 1. The highest BCUT2D eigenvalue weighted by molar-refractivity contribution is 14.0. The van der Waals surface area contributed by atoms with Crippen molar-refractivity contribution in [3.05, 3.63) is 47.2 Å². The van der Waals surface area contributed by atoms with E-state index in [1.165, 1.54) is 5.56 Å². The quantitative estimate of drug-likeness (QED) is 0.270. The van der Waals surface area contributed by atoms with Gasteiger partial charge in [0.05, 0.1) is 18.8 Å². The molecule has 0 unspecified atom stereocenters. The summed E-state index contributed by atoms with van der Waals surface area (Å²) in [6.45, 7) is 14.3. The van der Waals surface area contributed by atoms with Crippen molar-refractivity contribution < 1.29 is 9.15 Å². The fraction of sp³-hybridized carbons (Fsp3) is 0.600. The number of nitrogens with one attached hydrogen (secondary N) is 1. The van der Waals surface area contributed by atoms with Gasteiger partial charge in [-0.1, -0.05) is 12.1 Å². The lowest BCUT2D eigenvalue weighted by Gasteiger charge is -2.30. The van der Waals surface area contributed by atoms with Gasteiger partial charge < -0.3 is 19.4 Å². The van der Waals surface area contributed by atoms with Crippen LogP contribution in [0.2, 0.25) is 0 Å². The molecule has 0 spiro atoms. The average Bonchev–Trinajstić information content (AvgIpc) is 3.10. The van der Waals surface area contributed by atoms with Gasteiger partial charge in [-0.2, -0.15) is 0 Å². The number of likely N-dealkylation sites (tertiary alicyclic amines) is 1. The van der Waals surface area contributed by atoms with E-state index in [4.69, 9.17) is 14.1 Å². The van der Waals surface area contributed by atoms with Crippen LogP contribution in [-0.2, 0) is 13.1 Å². The van der Waals surface area contributed by atoms with Gasteiger partial charge in [0.25, 0.3) is 0 Å². The standard InChI is InChI=1S/C25H39N5O2.HI/c1-6-26-25(29(5)17-22-8-10-23(11-9-22)31-7-2)27-16-21-12-14-30(15-13-21)18-24-28-19(3)20(4)32-24;/h8-11,21H,6-7,12-18H2,1-5H3,(H,26,27);1H. The number of ether oxygens (including phenoxy) is 1. The summed E-state index contributed by atoms with van der Waals surface area (Å²) in [5, 5.41) is 3.44. The van der Waals surface area contributed by atoms with E-state index in [-0.39, 0.29) is 24.0 Å². The summed E-state index contributed by atoms with van der Waals surface area (Å²) >= 11 is 0. The molecule has 1 N–H and O–H groups in total. The first-order valence-electron chi connectivity index (χ1n) is 11.8. The van der Waals surface area contributed by atoms with Gasteiger partial charge >= 0.3 is 0 Å². The van der Waals surface area contributed by atoms with Crippen LogP contribution in [0.25, 0.3) is 0 Å². The van der Waals surface area contributed by atoms with Crippen LogP contribution in [0.4, 0.5) is 0 Å². The van der Waals surface area contributed by atoms with Crippen molar-refractivity contribution in [2.24, 2.45) is 10.9 Å². The Labute approximate surface area is 216 Å². The zero-order valence-electron chi connectivity index (χ0n) is 20.8. The summed E-state index contributed by atoms with van der Waals surface area (Å²) in [5.74, 6) is 4.26. The molecule has 0 amide bonds. The molecule has 2 heterocycles. The van der Waals surface area contributed by atoms with Crippen LogP contribution < -0.4 is 10.1 Å². The number of hydrogen-bond acceptors (Lipinski definition) is 5. The van der Waals surface area contributed by atoms with Gasteiger partial charge in [-0.15, -0.1) is 24.0 Å². The highest BCUT2D eigenvalue weighted by Gasteiger charge is 2.21. The topological polar surface area (TPSA) is 66.1 Å². The third kappa shape index (κ3) is 8.48. The minimum Gasteiger partial charge on any atom is -0.494 e. The highest BCUT2D eigenvalue weighted by Crippen LogP contribution is 2.20. The second-order valence-corrected chi connectivity index (χ2v) is 8.60. The predicted octanol–water partition coefficient (Wildman–Crippen LogP) is 4.62. The van der Waals surface area contributed by atoms with Crippen molar-refractivity contribution in [1.29, 1.82) is 0 Å². The van der Waals surface area contributed by atoms with Crippen molar-refractivity contribution in [1.82, 2.24) is 20.1 Å². The van der Waals surface area contributed by atoms with Gasteiger partial charge in [0, 0.05) is 26.7 Å². The molecule has 7 nitrogen and oxygen atoms in total. The lowest BCUT2D eigenvalue weighted by atomic mass is 9.97. The first-order valence-corrected chi connectivity index (χ1v) is 11.8. The van der Waals surface area contributed by atoms with Crippen LogP contribution >= 0.6 is 24.0 Å². The molecule has 1 saturated heterocycles. The number of nitrogens with zero attached hydrogens (tertiary/aromatic N) is 4. The number of halogens is 1. The molecule has 0 aliphatic carbocycles. The number of rotatable bonds is 9. The molecule has 184 valence electrons. The number of benzene rings is 1. The first-order chi connectivity index (χ1) is 15.5. The molecule has 3 rings (SSSR count). The highest BCUT2D eigenvalue weighted by atomic mass is 127. The summed E-state index contributed by atoms with van der Waals surface area (Å²) in [4.78, 5) is 14.1. The first kappa shape index (κ1) is 27.4. The molecule has 1 aromatic carbocycles. The molecule has 0 bridgehead atoms. The van der Waals surface area contributed by atoms with Crippen LogP contribution in [-0.4, -0.2) is 60.6 Å². The lowest BCUT2D eigenvalue weighted by molar-refractivity contribution is 0.166. The number of piperidine rings is 1. The molecular weight excluding hydrogens is 529 g/mol. The Morgan fingerprint density at radius 3 is 2.48 bits per heavy atom. The van der Waals surface area contributed by atoms with E-state index >= 15 is 0 Å². The molecular formula is C25H40IN5O2. The van der Waals surface area contributed by atoms with Crippen LogP contribution in [0.5, 0.6) is 5.75 Å². The van der Waals surface area contributed by atoms with Gasteiger partial charge in [0.1, 0.15) is 11.5 Å². The van der Waals surface area contributed by atoms with Crippen LogP contribution in [0.1, 0.15) is 49.6 Å². The van der Waals surface area contributed by atoms with Crippen LogP contribution in [0, 0.1) is 19.8 Å². The monoisotopic (exact) mass is 569 g/mol. The Kier molecular flexibility index (Phi) is 11.5. The molecule has 1 aromatic heterocycles. The van der Waals surface area contributed by atoms with Crippen molar-refractivity contribution in [3.8, 4) is 5.75 Å². The van der Waals surface area contributed by atoms with Gasteiger partial charge in [-0.05, 0) is 77.2 Å². The second kappa shape index (κ2) is 13.8. The number of aromatic nitrogens is 1. The van der Waals surface area contributed by atoms with E-state index in [0.29, 0.717) is 12.5 Å². The number of aryl methyl sites for hydroxylation is 2. The Bertz CT molecular complexity index is 841. The largest absolute Gasteiger partial charge is 0.494 e. The Balaban J connectivity index is 0.00000385. The summed E-state index contributed by atoms with van der Waals surface area (Å²) in [5.41, 5.74) is 2.24. The Morgan fingerprint density at radius 1 is 1.21 bits per heavy atom. The SMILES string of the molecule is CCNC(=NCC1CCN(Cc2nc(C)c(C)o2)CC1)N(C)Cc1ccc(OCC)cc1.I. The minimum absolute atomic E-state index is 0. The van der Waals surface area contributed by atoms with E-state index in [1.807, 2.05) is 32.9 Å². The molecule has 1 aliphatic heterocycles. The van der Waals surface area contributed by atoms with Crippen LogP contribution in [0.3, 0.4) is 0 Å². The number of oxazole rings is 1. The van der Waals surface area contributed by atoms with E-state index < -0.39 is 0 Å². The molecule has 8 heteroatoms. The van der Waals surface area contributed by atoms with E-state index in [9.17, 15) is 0 Å². The zero-order valence-corrected chi connectivity index (χ0v) is 23.1. The molecule has 33 heavy (non-hydrogen) atoms. The lowest BCUT2D eigenvalue weighted by Crippen LogP contribution is -2.39. The maximum Gasteiger partial charge on any atom is 0.208 e. The number of guanidine groups is 1. The third-order valence-electron chi connectivity index (χ3n) is 5.99. The van der Waals surface area contributed by atoms with Crippen LogP contribution in [0.15, 0.2) is 33.7 Å². The van der Waals surface area contributed by atoms with Gasteiger partial charge in [-0.25, -0.2) is 4.98 Å². The predicted molar refractivity (Wildman–Crippen MR) is 144 cm³/mol. The van der Waals surface area contributed by atoms with Gasteiger partial charge in [0.2, 0.25) is 5.89 Å². The average molecular weight is 570 g/mol. The fourth-order valence-electron chi connectivity index (χ4n) is 4.02. The summed E-state index contributed by atoms with van der Waals surface area (Å²) in [7, 11) is 2.10.